The maximum atomic E-state index is 11.9. The molecule has 0 aliphatic heterocycles. The van der Waals surface area contributed by atoms with Crippen LogP contribution in [0.3, 0.4) is 0 Å². The van der Waals surface area contributed by atoms with Crippen LogP contribution >= 0.6 is 0 Å². The lowest BCUT2D eigenvalue weighted by molar-refractivity contribution is 0.102. The number of carbonyl (C=O) groups is 1. The Balaban J connectivity index is 2.14. The number of rotatable bonds is 4. The number of anilines is 1. The van der Waals surface area contributed by atoms with Crippen molar-refractivity contribution in [3.8, 4) is 6.07 Å². The molecule has 0 spiro atoms. The van der Waals surface area contributed by atoms with Gasteiger partial charge >= 0.3 is 0 Å². The molecule has 1 heterocycles. The Hall–Kier alpha value is -2.72. The van der Waals surface area contributed by atoms with E-state index in [9.17, 15) is 4.79 Å². The van der Waals surface area contributed by atoms with E-state index in [1.807, 2.05) is 6.07 Å². The van der Waals surface area contributed by atoms with E-state index >= 15 is 0 Å². The standard InChI is InChI=1S/C12H12N6O/c13-5-6-18-8-11(16-17-18)12(19)15-10-4-2-1-3-9(10)7-14/h1-4,8H,5-6,13H2,(H,15,19). The third-order valence-corrected chi connectivity index (χ3v) is 2.43. The van der Waals surface area contributed by atoms with Crippen molar-refractivity contribution in [2.24, 2.45) is 5.73 Å². The zero-order chi connectivity index (χ0) is 13.7. The molecule has 0 bridgehead atoms. The van der Waals surface area contributed by atoms with Gasteiger partial charge in [0.25, 0.3) is 5.91 Å². The Morgan fingerprint density at radius 1 is 1.47 bits per heavy atom. The molecule has 96 valence electrons. The van der Waals surface area contributed by atoms with E-state index in [2.05, 4.69) is 15.6 Å². The van der Waals surface area contributed by atoms with Gasteiger partial charge in [-0.25, -0.2) is 0 Å². The van der Waals surface area contributed by atoms with E-state index < -0.39 is 5.91 Å². The predicted molar refractivity (Wildman–Crippen MR) is 68.2 cm³/mol. The Kier molecular flexibility index (Phi) is 3.85. The molecule has 7 nitrogen and oxygen atoms in total. The first-order valence-electron chi connectivity index (χ1n) is 5.65. The van der Waals surface area contributed by atoms with Gasteiger partial charge in [-0.2, -0.15) is 5.26 Å². The van der Waals surface area contributed by atoms with E-state index in [0.29, 0.717) is 24.3 Å². The van der Waals surface area contributed by atoms with E-state index in [1.165, 1.54) is 10.9 Å². The lowest BCUT2D eigenvalue weighted by atomic mass is 10.2. The van der Waals surface area contributed by atoms with Gasteiger partial charge < -0.3 is 11.1 Å². The lowest BCUT2D eigenvalue weighted by Gasteiger charge is -2.04. The Bertz CT molecular complexity index is 627. The van der Waals surface area contributed by atoms with Crippen molar-refractivity contribution in [1.29, 1.82) is 5.26 Å². The number of para-hydroxylation sites is 1. The molecule has 3 N–H and O–H groups in total. The van der Waals surface area contributed by atoms with Gasteiger partial charge in [-0.15, -0.1) is 5.10 Å². The molecule has 0 atom stereocenters. The van der Waals surface area contributed by atoms with Crippen LogP contribution in [0.15, 0.2) is 30.5 Å². The van der Waals surface area contributed by atoms with Crippen LogP contribution in [0.4, 0.5) is 5.69 Å². The molecule has 0 aliphatic carbocycles. The second kappa shape index (κ2) is 5.75. The molecular weight excluding hydrogens is 244 g/mol. The fourth-order valence-corrected chi connectivity index (χ4v) is 1.52. The van der Waals surface area contributed by atoms with Crippen molar-refractivity contribution in [3.05, 3.63) is 41.7 Å². The van der Waals surface area contributed by atoms with Gasteiger partial charge in [0.05, 0.1) is 24.0 Å². The summed E-state index contributed by atoms with van der Waals surface area (Å²) in [6, 6.07) is 8.75. The number of nitrogens with one attached hydrogen (secondary N) is 1. The molecular formula is C12H12N6O. The number of amides is 1. The van der Waals surface area contributed by atoms with Gasteiger partial charge in [-0.05, 0) is 12.1 Å². The Labute approximate surface area is 109 Å². The molecule has 2 rings (SSSR count). The lowest BCUT2D eigenvalue weighted by Crippen LogP contribution is -2.13. The first-order chi connectivity index (χ1) is 9.24. The zero-order valence-corrected chi connectivity index (χ0v) is 10.1. The van der Waals surface area contributed by atoms with E-state index in [1.54, 1.807) is 24.3 Å². The minimum atomic E-state index is -0.411. The zero-order valence-electron chi connectivity index (χ0n) is 10.1. The van der Waals surface area contributed by atoms with Crippen LogP contribution in [0.1, 0.15) is 16.1 Å². The molecule has 2 aromatic rings. The highest BCUT2D eigenvalue weighted by molar-refractivity contribution is 6.03. The fraction of sp³-hybridized carbons (Fsp3) is 0.167. The average Bonchev–Trinajstić information content (AvgIpc) is 2.88. The molecule has 1 aromatic carbocycles. The van der Waals surface area contributed by atoms with Crippen molar-refractivity contribution in [2.45, 2.75) is 6.54 Å². The number of aromatic nitrogens is 3. The number of benzene rings is 1. The van der Waals surface area contributed by atoms with Gasteiger partial charge in [0.2, 0.25) is 0 Å². The maximum Gasteiger partial charge on any atom is 0.277 e. The summed E-state index contributed by atoms with van der Waals surface area (Å²) in [6.07, 6.45) is 1.51. The molecule has 7 heteroatoms. The van der Waals surface area contributed by atoms with Crippen LogP contribution in [-0.2, 0) is 6.54 Å². The Morgan fingerprint density at radius 3 is 3.00 bits per heavy atom. The smallest absolute Gasteiger partial charge is 0.277 e. The molecule has 0 unspecified atom stereocenters. The summed E-state index contributed by atoms with van der Waals surface area (Å²) < 4.78 is 1.49. The fourth-order valence-electron chi connectivity index (χ4n) is 1.52. The van der Waals surface area contributed by atoms with E-state index in [4.69, 9.17) is 11.0 Å². The van der Waals surface area contributed by atoms with Crippen LogP contribution in [0.2, 0.25) is 0 Å². The monoisotopic (exact) mass is 256 g/mol. The summed E-state index contributed by atoms with van der Waals surface area (Å²) in [7, 11) is 0. The van der Waals surface area contributed by atoms with Gasteiger partial charge in [-0.3, -0.25) is 9.48 Å². The number of nitrogens with zero attached hydrogens (tertiary/aromatic N) is 4. The van der Waals surface area contributed by atoms with Gasteiger partial charge in [0.1, 0.15) is 6.07 Å². The molecule has 0 fully saturated rings. The first-order valence-corrected chi connectivity index (χ1v) is 5.65. The van der Waals surface area contributed by atoms with Crippen molar-refractivity contribution in [1.82, 2.24) is 15.0 Å². The molecule has 1 aromatic heterocycles. The molecule has 0 saturated heterocycles. The topological polar surface area (TPSA) is 110 Å². The molecule has 19 heavy (non-hydrogen) atoms. The number of hydrogen-bond acceptors (Lipinski definition) is 5. The van der Waals surface area contributed by atoms with Crippen LogP contribution < -0.4 is 11.1 Å². The first kappa shape index (κ1) is 12.7. The SMILES string of the molecule is N#Cc1ccccc1NC(=O)c1cn(CCN)nn1. The second-order valence-electron chi connectivity index (χ2n) is 3.77. The summed E-state index contributed by atoms with van der Waals surface area (Å²) >= 11 is 0. The Morgan fingerprint density at radius 2 is 2.26 bits per heavy atom. The van der Waals surface area contributed by atoms with Crippen LogP contribution in [0, 0.1) is 11.3 Å². The van der Waals surface area contributed by atoms with Crippen LogP contribution in [-0.4, -0.2) is 27.4 Å². The highest BCUT2D eigenvalue weighted by Crippen LogP contribution is 2.14. The summed E-state index contributed by atoms with van der Waals surface area (Å²) in [5, 5.41) is 19.1. The number of nitrogens with two attached hydrogens (primary N) is 1. The van der Waals surface area contributed by atoms with Gasteiger partial charge in [0, 0.05) is 6.54 Å². The summed E-state index contributed by atoms with van der Waals surface area (Å²) in [5.41, 5.74) is 6.41. The van der Waals surface area contributed by atoms with Crippen molar-refractivity contribution >= 4 is 11.6 Å². The third kappa shape index (κ3) is 2.94. The minimum Gasteiger partial charge on any atom is -0.329 e. The second-order valence-corrected chi connectivity index (χ2v) is 3.77. The largest absolute Gasteiger partial charge is 0.329 e. The highest BCUT2D eigenvalue weighted by atomic mass is 16.2. The predicted octanol–water partition coefficient (Wildman–Crippen LogP) is 0.361. The van der Waals surface area contributed by atoms with E-state index in [0.717, 1.165) is 0 Å². The molecule has 0 saturated carbocycles. The highest BCUT2D eigenvalue weighted by Gasteiger charge is 2.12. The average molecular weight is 256 g/mol. The molecule has 1 amide bonds. The van der Waals surface area contributed by atoms with Crippen LogP contribution in [0.5, 0.6) is 0 Å². The van der Waals surface area contributed by atoms with Crippen LogP contribution in [0.25, 0.3) is 0 Å². The summed E-state index contributed by atoms with van der Waals surface area (Å²) in [4.78, 5) is 11.9. The van der Waals surface area contributed by atoms with Crippen molar-refractivity contribution < 1.29 is 4.79 Å². The third-order valence-electron chi connectivity index (χ3n) is 2.43. The maximum absolute atomic E-state index is 11.9. The minimum absolute atomic E-state index is 0.182. The summed E-state index contributed by atoms with van der Waals surface area (Å²) in [5.74, 6) is -0.411. The number of hydrogen-bond donors (Lipinski definition) is 2. The molecule has 0 radical (unpaired) electrons. The number of carbonyl (C=O) groups excluding carboxylic acids is 1. The van der Waals surface area contributed by atoms with Crippen molar-refractivity contribution in [2.75, 3.05) is 11.9 Å². The van der Waals surface area contributed by atoms with Gasteiger partial charge in [-0.1, -0.05) is 17.3 Å². The van der Waals surface area contributed by atoms with Gasteiger partial charge in [0.15, 0.2) is 5.69 Å². The van der Waals surface area contributed by atoms with Crippen molar-refractivity contribution in [3.63, 3.8) is 0 Å². The van der Waals surface area contributed by atoms with E-state index in [-0.39, 0.29) is 5.69 Å². The normalized spacial score (nSPS) is 9.89. The summed E-state index contributed by atoms with van der Waals surface area (Å²) in [6.45, 7) is 0.913. The molecule has 0 aliphatic rings. The quantitative estimate of drug-likeness (QED) is 0.820. The number of nitriles is 1.